The monoisotopic (exact) mass is 1050 g/mol. The molecule has 0 aromatic rings. The van der Waals surface area contributed by atoms with Gasteiger partial charge in [-0.05, 0) is 52.1 Å². The van der Waals surface area contributed by atoms with Crippen LogP contribution in [0.5, 0.6) is 0 Å². The number of amides is 1. The summed E-state index contributed by atoms with van der Waals surface area (Å²) in [5, 5.41) is 0. The van der Waals surface area contributed by atoms with Gasteiger partial charge in [-0.3, -0.25) is 33.7 Å². The lowest BCUT2D eigenvalue weighted by Gasteiger charge is -2.31. The fourth-order valence-corrected chi connectivity index (χ4v) is 9.38. The number of piperidine rings is 1. The van der Waals surface area contributed by atoms with E-state index in [-0.39, 0.29) is 115 Å². The van der Waals surface area contributed by atoms with Crippen molar-refractivity contribution in [3.8, 4) is 0 Å². The first-order valence-corrected chi connectivity index (χ1v) is 29.5. The van der Waals surface area contributed by atoms with E-state index in [0.717, 1.165) is 141 Å². The van der Waals surface area contributed by atoms with Crippen LogP contribution in [0.3, 0.4) is 0 Å². The summed E-state index contributed by atoms with van der Waals surface area (Å²) in [7, 11) is 1.97. The third-order valence-electron chi connectivity index (χ3n) is 14.0. The minimum absolute atomic E-state index is 0.00770. The van der Waals surface area contributed by atoms with Gasteiger partial charge in [0.2, 0.25) is 0 Å². The summed E-state index contributed by atoms with van der Waals surface area (Å²) in [6.45, 7) is 9.36. The molecule has 2 saturated heterocycles. The number of carbonyl (C=O) groups excluding carboxylic acids is 7. The Kier molecular flexibility index (Phi) is 38.6. The lowest BCUT2D eigenvalue weighted by molar-refractivity contribution is -0.157. The highest BCUT2D eigenvalue weighted by Crippen LogP contribution is 2.26. The van der Waals surface area contributed by atoms with E-state index in [1.807, 2.05) is 7.05 Å². The summed E-state index contributed by atoms with van der Waals surface area (Å²) in [6.07, 6.45) is 25.1. The van der Waals surface area contributed by atoms with Crippen molar-refractivity contribution in [3.63, 3.8) is 0 Å². The second-order valence-electron chi connectivity index (χ2n) is 21.2. The van der Waals surface area contributed by atoms with Gasteiger partial charge in [0.1, 0.15) is 18.8 Å². The average Bonchev–Trinajstić information content (AvgIpc) is 3.78. The maximum Gasteiger partial charge on any atom is 0.410 e. The maximum atomic E-state index is 13.8. The van der Waals surface area contributed by atoms with Gasteiger partial charge in [0, 0.05) is 50.5 Å². The quantitative estimate of drug-likeness (QED) is 0.0318. The van der Waals surface area contributed by atoms with Gasteiger partial charge in [0.15, 0.2) is 0 Å². The number of hydrogen-bond acceptors (Lipinski definition) is 15. The Morgan fingerprint density at radius 2 is 0.811 bits per heavy atom. The van der Waals surface area contributed by atoms with Crippen molar-refractivity contribution in [2.45, 2.75) is 258 Å². The number of likely N-dealkylation sites (tertiary alicyclic amines) is 2. The van der Waals surface area contributed by atoms with Crippen LogP contribution < -0.4 is 0 Å². The van der Waals surface area contributed by atoms with Crippen LogP contribution in [0.4, 0.5) is 4.79 Å². The lowest BCUT2D eigenvalue weighted by Crippen LogP contribution is -2.44. The molecule has 2 aliphatic heterocycles. The topological polar surface area (TPSA) is 191 Å². The number of esters is 6. The molecule has 428 valence electrons. The van der Waals surface area contributed by atoms with Crippen molar-refractivity contribution in [2.75, 3.05) is 59.7 Å². The molecule has 0 saturated carbocycles. The molecule has 0 aromatic carbocycles. The van der Waals surface area contributed by atoms with Gasteiger partial charge < -0.3 is 38.1 Å². The number of nitrogens with zero attached hydrogens (tertiary/aromatic N) is 2. The SMILES string of the molecule is CCCCCCCCC(=O)OCC(COC(=O)CCCCCCCC)CC(=O)OC[C@@H]1C[C@@H](OC(=O)CC(COC(=O)CCCCCCCC)COC(=O)CCCCCCCC)CN1C(=O)OC1CCCN(C)C1. The highest BCUT2D eigenvalue weighted by molar-refractivity contribution is 5.73. The van der Waals surface area contributed by atoms with E-state index < -0.39 is 42.0 Å². The molecule has 2 fully saturated rings. The van der Waals surface area contributed by atoms with E-state index in [9.17, 15) is 33.6 Å². The molecular formula is C58H102N2O14. The number of likely N-dealkylation sites (N-methyl/N-ethyl adjacent to an activating group) is 1. The third-order valence-corrected chi connectivity index (χ3v) is 14.0. The minimum Gasteiger partial charge on any atom is -0.465 e. The third kappa shape index (κ3) is 33.9. The molecule has 2 heterocycles. The van der Waals surface area contributed by atoms with Crippen molar-refractivity contribution >= 4 is 41.9 Å². The summed E-state index contributed by atoms with van der Waals surface area (Å²) in [5.41, 5.74) is 0. The summed E-state index contributed by atoms with van der Waals surface area (Å²) in [5.74, 6) is -4.03. The minimum atomic E-state index is -0.774. The Hall–Kier alpha value is -3.95. The largest absolute Gasteiger partial charge is 0.465 e. The zero-order valence-corrected chi connectivity index (χ0v) is 47.0. The Labute approximate surface area is 446 Å². The van der Waals surface area contributed by atoms with Crippen LogP contribution in [0, 0.1) is 11.8 Å². The molecule has 0 aromatic heterocycles. The molecule has 0 radical (unpaired) electrons. The van der Waals surface area contributed by atoms with E-state index in [1.165, 1.54) is 4.90 Å². The van der Waals surface area contributed by atoms with Crippen LogP contribution in [-0.2, 0) is 61.9 Å². The van der Waals surface area contributed by atoms with Gasteiger partial charge in [-0.25, -0.2) is 4.79 Å². The second-order valence-corrected chi connectivity index (χ2v) is 21.2. The predicted molar refractivity (Wildman–Crippen MR) is 285 cm³/mol. The predicted octanol–water partition coefficient (Wildman–Crippen LogP) is 11.9. The Morgan fingerprint density at radius 3 is 1.20 bits per heavy atom. The van der Waals surface area contributed by atoms with Gasteiger partial charge in [0.05, 0.1) is 51.9 Å². The standard InChI is InChI=1S/C58H102N2O14/c1-6-10-14-18-22-26-32-52(61)68-42-47(43-69-53(62)33-27-23-19-15-11-7-2)37-56(65)72-46-49-39-51(41-60(49)58(67)74-50-31-30-36-59(5)40-50)73-57(66)38-48(44-70-54(63)34-28-24-20-16-12-8-3)45-71-55(64)35-29-25-21-17-13-9-4/h47-51H,6-46H2,1-5H3/t49-,50?,51+/m0/s1. The number of unbranched alkanes of at least 4 members (excludes halogenated alkanes) is 20. The van der Waals surface area contributed by atoms with Crippen molar-refractivity contribution in [1.82, 2.24) is 9.80 Å². The molecule has 74 heavy (non-hydrogen) atoms. The average molecular weight is 1050 g/mol. The zero-order chi connectivity index (χ0) is 54.0. The molecule has 1 unspecified atom stereocenters. The number of rotatable bonds is 44. The molecule has 0 spiro atoms. The highest BCUT2D eigenvalue weighted by Gasteiger charge is 2.40. The molecule has 3 atom stereocenters. The van der Waals surface area contributed by atoms with E-state index >= 15 is 0 Å². The van der Waals surface area contributed by atoms with Crippen molar-refractivity contribution in [3.05, 3.63) is 0 Å². The molecule has 0 aliphatic carbocycles. The van der Waals surface area contributed by atoms with Crippen LogP contribution in [0.1, 0.15) is 240 Å². The molecule has 16 nitrogen and oxygen atoms in total. The van der Waals surface area contributed by atoms with E-state index in [0.29, 0.717) is 38.6 Å². The molecule has 1 amide bonds. The van der Waals surface area contributed by atoms with Gasteiger partial charge in [-0.15, -0.1) is 0 Å². The summed E-state index contributed by atoms with van der Waals surface area (Å²) in [4.78, 5) is 95.5. The molecule has 2 aliphatic rings. The Bertz CT molecular complexity index is 1480. The summed E-state index contributed by atoms with van der Waals surface area (Å²) in [6, 6.07) is -0.698. The number of ether oxygens (including phenoxy) is 7. The smallest absolute Gasteiger partial charge is 0.410 e. The van der Waals surface area contributed by atoms with Crippen LogP contribution in [0.25, 0.3) is 0 Å². The fourth-order valence-electron chi connectivity index (χ4n) is 9.38. The van der Waals surface area contributed by atoms with Crippen LogP contribution in [0.15, 0.2) is 0 Å². The molecule has 0 bridgehead atoms. The van der Waals surface area contributed by atoms with Gasteiger partial charge in [-0.1, -0.05) is 156 Å². The summed E-state index contributed by atoms with van der Waals surface area (Å²) < 4.78 is 40.1. The van der Waals surface area contributed by atoms with Gasteiger partial charge in [-0.2, -0.15) is 0 Å². The Balaban J connectivity index is 2.12. The highest BCUT2D eigenvalue weighted by atomic mass is 16.6. The van der Waals surface area contributed by atoms with Crippen molar-refractivity contribution < 1.29 is 66.7 Å². The second kappa shape index (κ2) is 43.2. The first kappa shape index (κ1) is 66.2. The number of hydrogen-bond donors (Lipinski definition) is 0. The van der Waals surface area contributed by atoms with Crippen LogP contribution >= 0.6 is 0 Å². The van der Waals surface area contributed by atoms with Crippen LogP contribution in [-0.4, -0.2) is 130 Å². The van der Waals surface area contributed by atoms with Gasteiger partial charge >= 0.3 is 41.9 Å². The van der Waals surface area contributed by atoms with Gasteiger partial charge in [0.25, 0.3) is 0 Å². The number of carbonyl (C=O) groups is 7. The lowest BCUT2D eigenvalue weighted by atomic mass is 10.1. The first-order chi connectivity index (χ1) is 35.9. The maximum absolute atomic E-state index is 13.8. The summed E-state index contributed by atoms with van der Waals surface area (Å²) >= 11 is 0. The fraction of sp³-hybridized carbons (Fsp3) is 0.879. The Morgan fingerprint density at radius 1 is 0.432 bits per heavy atom. The molecule has 16 heteroatoms. The molecule has 2 rings (SSSR count). The first-order valence-electron chi connectivity index (χ1n) is 29.5. The van der Waals surface area contributed by atoms with E-state index in [4.69, 9.17) is 33.2 Å². The van der Waals surface area contributed by atoms with Crippen molar-refractivity contribution in [2.24, 2.45) is 11.8 Å². The normalized spacial score (nSPS) is 16.8. The van der Waals surface area contributed by atoms with Crippen molar-refractivity contribution in [1.29, 1.82) is 0 Å². The van der Waals surface area contributed by atoms with E-state index in [1.54, 1.807) is 0 Å². The molecule has 0 N–H and O–H groups in total. The molecular weight excluding hydrogens is 949 g/mol. The van der Waals surface area contributed by atoms with E-state index in [2.05, 4.69) is 32.6 Å². The zero-order valence-electron chi connectivity index (χ0n) is 47.0. The van der Waals surface area contributed by atoms with Crippen LogP contribution in [0.2, 0.25) is 0 Å².